The van der Waals surface area contributed by atoms with Crippen molar-refractivity contribution in [1.29, 1.82) is 0 Å². The van der Waals surface area contributed by atoms with Gasteiger partial charge in [-0.1, -0.05) is 25.3 Å². The molecule has 0 aromatic carbocycles. The maximum atomic E-state index is 13.2. The highest BCUT2D eigenvalue weighted by Gasteiger charge is 2.33. The number of nitrogens with zero attached hydrogens (tertiary/aromatic N) is 3. The molecule has 1 amide bonds. The predicted octanol–water partition coefficient (Wildman–Crippen LogP) is 3.83. The molecule has 0 spiro atoms. The zero-order chi connectivity index (χ0) is 16.4. The number of hydrogen-bond donors (Lipinski definition) is 1. The van der Waals surface area contributed by atoms with Gasteiger partial charge in [-0.2, -0.15) is 5.10 Å². The first kappa shape index (κ1) is 15.4. The Morgan fingerprint density at radius 2 is 2.00 bits per heavy atom. The van der Waals surface area contributed by atoms with Crippen LogP contribution < -0.4 is 0 Å². The summed E-state index contributed by atoms with van der Waals surface area (Å²) < 4.78 is 0. The molecule has 0 unspecified atom stereocenters. The highest BCUT2D eigenvalue weighted by atomic mass is 16.2. The lowest BCUT2D eigenvalue weighted by Gasteiger charge is -2.26. The third kappa shape index (κ3) is 2.83. The van der Waals surface area contributed by atoms with Gasteiger partial charge in [-0.3, -0.25) is 14.9 Å². The predicted molar refractivity (Wildman–Crippen MR) is 91.7 cm³/mol. The quantitative estimate of drug-likeness (QED) is 0.933. The maximum absolute atomic E-state index is 13.2. The van der Waals surface area contributed by atoms with Crippen molar-refractivity contribution in [2.75, 3.05) is 6.54 Å². The van der Waals surface area contributed by atoms with Crippen molar-refractivity contribution >= 4 is 5.91 Å². The molecule has 1 atom stereocenters. The smallest absolute Gasteiger partial charge is 0.257 e. The Balaban J connectivity index is 1.58. The number of carbonyl (C=O) groups is 1. The third-order valence-corrected chi connectivity index (χ3v) is 5.50. The zero-order valence-electron chi connectivity index (χ0n) is 13.9. The first-order chi connectivity index (χ1) is 11.8. The van der Waals surface area contributed by atoms with Crippen molar-refractivity contribution in [3.05, 3.63) is 47.5 Å². The minimum Gasteiger partial charge on any atom is -0.331 e. The summed E-state index contributed by atoms with van der Waals surface area (Å²) in [5.41, 5.74) is 2.96. The Hall–Kier alpha value is -2.17. The topological polar surface area (TPSA) is 61.9 Å². The Kier molecular flexibility index (Phi) is 4.32. The molecule has 1 saturated heterocycles. The molecule has 1 aliphatic carbocycles. The average Bonchev–Trinajstić information content (AvgIpc) is 3.32. The Labute approximate surface area is 142 Å². The molecule has 2 aromatic heterocycles. The van der Waals surface area contributed by atoms with Crippen molar-refractivity contribution in [3.63, 3.8) is 0 Å². The van der Waals surface area contributed by atoms with Crippen LogP contribution in [0.25, 0.3) is 0 Å². The van der Waals surface area contributed by atoms with Gasteiger partial charge < -0.3 is 4.90 Å². The lowest BCUT2D eigenvalue weighted by Crippen LogP contribution is -2.31. The van der Waals surface area contributed by atoms with Gasteiger partial charge in [0.15, 0.2) is 0 Å². The summed E-state index contributed by atoms with van der Waals surface area (Å²) in [7, 11) is 0. The highest BCUT2D eigenvalue weighted by Crippen LogP contribution is 2.36. The maximum Gasteiger partial charge on any atom is 0.257 e. The Bertz CT molecular complexity index is 690. The number of aromatic amines is 1. The number of amides is 1. The van der Waals surface area contributed by atoms with Gasteiger partial charge in [0, 0.05) is 24.9 Å². The SMILES string of the molecule is O=C(c1cn[nH]c1C1CCCCC1)N1CCC[C@@H]1c1cccnc1. The summed E-state index contributed by atoms with van der Waals surface area (Å²) in [6, 6.07) is 4.16. The summed E-state index contributed by atoms with van der Waals surface area (Å²) in [4.78, 5) is 19.4. The standard InChI is InChI=1S/C19H24N4O/c24-19(16-13-21-22-18(16)14-6-2-1-3-7-14)23-11-5-9-17(23)15-8-4-10-20-12-15/h4,8,10,12-14,17H,1-3,5-7,9,11H2,(H,21,22)/t17-/m1/s1. The average molecular weight is 324 g/mol. The third-order valence-electron chi connectivity index (χ3n) is 5.50. The van der Waals surface area contributed by atoms with E-state index in [4.69, 9.17) is 0 Å². The van der Waals surface area contributed by atoms with Crippen molar-refractivity contribution in [2.45, 2.75) is 56.9 Å². The summed E-state index contributed by atoms with van der Waals surface area (Å²) in [6.45, 7) is 0.813. The molecule has 3 heterocycles. The van der Waals surface area contributed by atoms with Gasteiger partial charge in [0.1, 0.15) is 0 Å². The van der Waals surface area contributed by atoms with E-state index in [1.165, 1.54) is 19.3 Å². The molecular weight excluding hydrogens is 300 g/mol. The number of carbonyl (C=O) groups excluding carboxylic acids is 1. The van der Waals surface area contributed by atoms with E-state index < -0.39 is 0 Å². The summed E-state index contributed by atoms with van der Waals surface area (Å²) in [5.74, 6) is 0.579. The number of nitrogens with one attached hydrogen (secondary N) is 1. The molecule has 5 heteroatoms. The lowest BCUT2D eigenvalue weighted by atomic mass is 9.85. The van der Waals surface area contributed by atoms with Crippen molar-refractivity contribution in [1.82, 2.24) is 20.1 Å². The number of aromatic nitrogens is 3. The van der Waals surface area contributed by atoms with Crippen LogP contribution in [0.2, 0.25) is 0 Å². The molecule has 0 radical (unpaired) electrons. The van der Waals surface area contributed by atoms with Crippen LogP contribution >= 0.6 is 0 Å². The molecule has 0 bridgehead atoms. The Morgan fingerprint density at radius 3 is 2.79 bits per heavy atom. The number of H-pyrrole nitrogens is 1. The molecule has 4 rings (SSSR count). The molecule has 1 saturated carbocycles. The monoisotopic (exact) mass is 324 g/mol. The van der Waals surface area contributed by atoms with Gasteiger partial charge >= 0.3 is 0 Å². The molecule has 2 aromatic rings. The van der Waals surface area contributed by atoms with E-state index in [2.05, 4.69) is 21.2 Å². The molecule has 2 fully saturated rings. The summed E-state index contributed by atoms with van der Waals surface area (Å²) in [5, 5.41) is 7.33. The number of hydrogen-bond acceptors (Lipinski definition) is 3. The summed E-state index contributed by atoms with van der Waals surface area (Å²) in [6.07, 6.45) is 13.6. The first-order valence-corrected chi connectivity index (χ1v) is 9.09. The molecule has 1 aliphatic heterocycles. The van der Waals surface area contributed by atoms with Gasteiger partial charge in [0.05, 0.1) is 23.5 Å². The van der Waals surface area contributed by atoms with Crippen LogP contribution in [0.3, 0.4) is 0 Å². The van der Waals surface area contributed by atoms with E-state index in [1.54, 1.807) is 12.4 Å². The fraction of sp³-hybridized carbons (Fsp3) is 0.526. The molecule has 24 heavy (non-hydrogen) atoms. The summed E-state index contributed by atoms with van der Waals surface area (Å²) >= 11 is 0. The van der Waals surface area contributed by atoms with Crippen LogP contribution in [-0.2, 0) is 0 Å². The molecule has 126 valence electrons. The number of likely N-dealkylation sites (tertiary alicyclic amines) is 1. The largest absolute Gasteiger partial charge is 0.331 e. The number of pyridine rings is 1. The van der Waals surface area contributed by atoms with Crippen LogP contribution in [0.4, 0.5) is 0 Å². The second-order valence-corrected chi connectivity index (χ2v) is 6.98. The van der Waals surface area contributed by atoms with Crippen LogP contribution in [0.15, 0.2) is 30.7 Å². The van der Waals surface area contributed by atoms with E-state index in [1.807, 2.05) is 17.2 Å². The van der Waals surface area contributed by atoms with Gasteiger partial charge in [-0.25, -0.2) is 0 Å². The van der Waals surface area contributed by atoms with E-state index in [0.29, 0.717) is 5.92 Å². The van der Waals surface area contributed by atoms with Gasteiger partial charge in [0.25, 0.3) is 5.91 Å². The fourth-order valence-electron chi connectivity index (χ4n) is 4.25. The minimum absolute atomic E-state index is 0.121. The second-order valence-electron chi connectivity index (χ2n) is 6.98. The van der Waals surface area contributed by atoms with Crippen LogP contribution in [0.1, 0.15) is 78.5 Å². The van der Waals surface area contributed by atoms with Crippen LogP contribution in [0.5, 0.6) is 0 Å². The van der Waals surface area contributed by atoms with Crippen molar-refractivity contribution in [2.24, 2.45) is 0 Å². The van der Waals surface area contributed by atoms with E-state index in [-0.39, 0.29) is 11.9 Å². The normalized spacial score (nSPS) is 22.0. The second kappa shape index (κ2) is 6.75. The molecular formula is C19H24N4O. The highest BCUT2D eigenvalue weighted by molar-refractivity contribution is 5.95. The molecule has 5 nitrogen and oxygen atoms in total. The first-order valence-electron chi connectivity index (χ1n) is 9.09. The minimum atomic E-state index is 0.121. The Morgan fingerprint density at radius 1 is 1.12 bits per heavy atom. The van der Waals surface area contributed by atoms with Gasteiger partial charge in [-0.15, -0.1) is 0 Å². The van der Waals surface area contributed by atoms with Crippen molar-refractivity contribution < 1.29 is 4.79 Å². The van der Waals surface area contributed by atoms with E-state index >= 15 is 0 Å². The van der Waals surface area contributed by atoms with E-state index in [0.717, 1.165) is 49.0 Å². The van der Waals surface area contributed by atoms with Gasteiger partial charge in [0.2, 0.25) is 0 Å². The van der Waals surface area contributed by atoms with Crippen molar-refractivity contribution in [3.8, 4) is 0 Å². The van der Waals surface area contributed by atoms with E-state index in [9.17, 15) is 4.79 Å². The fourth-order valence-corrected chi connectivity index (χ4v) is 4.25. The number of rotatable bonds is 3. The van der Waals surface area contributed by atoms with Crippen LogP contribution in [-0.4, -0.2) is 32.5 Å². The molecule has 1 N–H and O–H groups in total. The molecule has 2 aliphatic rings. The zero-order valence-corrected chi connectivity index (χ0v) is 13.9. The van der Waals surface area contributed by atoms with Crippen LogP contribution in [0, 0.1) is 0 Å². The van der Waals surface area contributed by atoms with Gasteiger partial charge in [-0.05, 0) is 37.3 Å². The lowest BCUT2D eigenvalue weighted by molar-refractivity contribution is 0.0733.